The molecule has 0 saturated carbocycles. The van der Waals surface area contributed by atoms with Crippen LogP contribution in [-0.2, 0) is 19.4 Å². The maximum atomic E-state index is 13.0. The van der Waals surface area contributed by atoms with E-state index in [9.17, 15) is 18.0 Å². The summed E-state index contributed by atoms with van der Waals surface area (Å²) in [5.74, 6) is -0.125. The highest BCUT2D eigenvalue weighted by atomic mass is 32.2. The second-order valence-electron chi connectivity index (χ2n) is 7.79. The van der Waals surface area contributed by atoms with Crippen molar-refractivity contribution in [3.8, 4) is 0 Å². The number of benzene rings is 2. The van der Waals surface area contributed by atoms with Crippen LogP contribution < -0.4 is 10.6 Å². The lowest BCUT2D eigenvalue weighted by Gasteiger charge is -2.22. The summed E-state index contributed by atoms with van der Waals surface area (Å²) in [7, 11) is -3.73. The zero-order valence-electron chi connectivity index (χ0n) is 17.4. The van der Waals surface area contributed by atoms with Gasteiger partial charge in [-0.2, -0.15) is 0 Å². The zero-order valence-corrected chi connectivity index (χ0v) is 19.1. The third kappa shape index (κ3) is 4.87. The van der Waals surface area contributed by atoms with Crippen molar-refractivity contribution < 1.29 is 18.0 Å². The quantitative estimate of drug-likeness (QED) is 0.685. The van der Waals surface area contributed by atoms with E-state index in [1.807, 2.05) is 24.3 Å². The Labute approximate surface area is 181 Å². The van der Waals surface area contributed by atoms with Crippen LogP contribution >= 0.6 is 11.8 Å². The Morgan fingerprint density at radius 2 is 1.80 bits per heavy atom. The predicted octanol–water partition coefficient (Wildman–Crippen LogP) is 4.43. The van der Waals surface area contributed by atoms with Gasteiger partial charge in [0.05, 0.1) is 21.1 Å². The molecule has 6 nitrogen and oxygen atoms in total. The third-order valence-electron chi connectivity index (χ3n) is 5.07. The summed E-state index contributed by atoms with van der Waals surface area (Å²) in [5.41, 5.74) is 2.29. The maximum absolute atomic E-state index is 13.0. The molecule has 0 aliphatic carbocycles. The molecule has 1 aliphatic rings. The van der Waals surface area contributed by atoms with Gasteiger partial charge in [-0.25, -0.2) is 8.42 Å². The van der Waals surface area contributed by atoms with Gasteiger partial charge in [-0.05, 0) is 55.7 Å². The SMILES string of the molecule is CC(C)c1ccc(NC(=O)C[C@@H](C)S(=O)(=O)c2ccc3c(c2)NC(=O)[C@H](C)S3)cc1. The Balaban J connectivity index is 1.69. The second-order valence-corrected chi connectivity index (χ2v) is 11.5. The van der Waals surface area contributed by atoms with Crippen molar-refractivity contribution in [2.75, 3.05) is 10.6 Å². The van der Waals surface area contributed by atoms with Crippen LogP contribution in [0, 0.1) is 0 Å². The highest BCUT2D eigenvalue weighted by molar-refractivity contribution is 8.01. The highest BCUT2D eigenvalue weighted by Crippen LogP contribution is 2.37. The predicted molar refractivity (Wildman–Crippen MR) is 121 cm³/mol. The van der Waals surface area contributed by atoms with Gasteiger partial charge in [0.25, 0.3) is 0 Å². The van der Waals surface area contributed by atoms with Gasteiger partial charge < -0.3 is 10.6 Å². The summed E-state index contributed by atoms with van der Waals surface area (Å²) in [5, 5.41) is 4.37. The molecule has 2 aromatic rings. The number of hydrogen-bond acceptors (Lipinski definition) is 5. The van der Waals surface area contributed by atoms with E-state index in [0.717, 1.165) is 10.5 Å². The lowest BCUT2D eigenvalue weighted by atomic mass is 10.0. The molecule has 0 spiro atoms. The summed E-state index contributed by atoms with van der Waals surface area (Å²) < 4.78 is 25.9. The lowest BCUT2D eigenvalue weighted by Crippen LogP contribution is -2.27. The van der Waals surface area contributed by atoms with Crippen molar-refractivity contribution >= 4 is 44.8 Å². The Kier molecular flexibility index (Phi) is 6.57. The first-order valence-corrected chi connectivity index (χ1v) is 12.3. The van der Waals surface area contributed by atoms with Crippen LogP contribution in [0.25, 0.3) is 0 Å². The molecule has 2 N–H and O–H groups in total. The van der Waals surface area contributed by atoms with E-state index < -0.39 is 15.1 Å². The van der Waals surface area contributed by atoms with Crippen LogP contribution in [0.1, 0.15) is 45.6 Å². The number of rotatable bonds is 6. The van der Waals surface area contributed by atoms with Crippen LogP contribution in [0.2, 0.25) is 0 Å². The average molecular weight is 447 g/mol. The number of carbonyl (C=O) groups is 2. The minimum atomic E-state index is -3.73. The summed E-state index contributed by atoms with van der Waals surface area (Å²) >= 11 is 1.39. The summed E-state index contributed by atoms with van der Waals surface area (Å²) in [4.78, 5) is 25.2. The smallest absolute Gasteiger partial charge is 0.237 e. The summed E-state index contributed by atoms with van der Waals surface area (Å²) in [6.45, 7) is 7.49. The molecular formula is C22H26N2O4S2. The highest BCUT2D eigenvalue weighted by Gasteiger charge is 2.29. The van der Waals surface area contributed by atoms with Crippen molar-refractivity contribution in [2.45, 2.75) is 60.3 Å². The molecular weight excluding hydrogens is 420 g/mol. The topological polar surface area (TPSA) is 92.3 Å². The van der Waals surface area contributed by atoms with Crippen LogP contribution in [0.4, 0.5) is 11.4 Å². The first-order chi connectivity index (χ1) is 14.1. The normalized spacial score (nSPS) is 17.2. The van der Waals surface area contributed by atoms with Crippen LogP contribution in [0.3, 0.4) is 0 Å². The standard InChI is InChI=1S/C22H26N2O4S2/c1-13(2)16-5-7-17(8-6-16)23-21(25)11-14(3)30(27,28)18-9-10-20-19(12-18)24-22(26)15(4)29-20/h5-10,12-15H,11H2,1-4H3,(H,23,25)(H,24,26)/t14-,15+/m1/s1. The van der Waals surface area contributed by atoms with Gasteiger partial charge in [0, 0.05) is 17.0 Å². The Bertz CT molecular complexity index is 1060. The minimum absolute atomic E-state index is 0.0956. The molecule has 0 saturated heterocycles. The summed E-state index contributed by atoms with van der Waals surface area (Å²) in [6.07, 6.45) is -0.163. The molecule has 0 radical (unpaired) electrons. The Hall–Kier alpha value is -2.32. The first kappa shape index (κ1) is 22.4. The van der Waals surface area contributed by atoms with Gasteiger partial charge in [0.15, 0.2) is 9.84 Å². The first-order valence-electron chi connectivity index (χ1n) is 9.83. The fraction of sp³-hybridized carbons (Fsp3) is 0.364. The van der Waals surface area contributed by atoms with Crippen molar-refractivity contribution in [3.63, 3.8) is 0 Å². The largest absolute Gasteiger partial charge is 0.326 e. The number of anilines is 2. The molecule has 0 unspecified atom stereocenters. The molecule has 160 valence electrons. The van der Waals surface area contributed by atoms with Gasteiger partial charge in [-0.15, -0.1) is 11.8 Å². The fourth-order valence-corrected chi connectivity index (χ4v) is 5.44. The van der Waals surface area contributed by atoms with Crippen molar-refractivity contribution in [2.24, 2.45) is 0 Å². The molecule has 2 aromatic carbocycles. The molecule has 2 amide bonds. The zero-order chi connectivity index (χ0) is 22.1. The van der Waals surface area contributed by atoms with E-state index in [1.54, 1.807) is 13.0 Å². The minimum Gasteiger partial charge on any atom is -0.326 e. The van der Waals surface area contributed by atoms with Gasteiger partial charge in [0.1, 0.15) is 0 Å². The number of sulfone groups is 1. The van der Waals surface area contributed by atoms with E-state index in [2.05, 4.69) is 24.5 Å². The second kappa shape index (κ2) is 8.81. The fourth-order valence-electron chi connectivity index (χ4n) is 3.13. The van der Waals surface area contributed by atoms with E-state index in [0.29, 0.717) is 17.3 Å². The van der Waals surface area contributed by atoms with E-state index in [4.69, 9.17) is 0 Å². The van der Waals surface area contributed by atoms with Crippen molar-refractivity contribution in [1.29, 1.82) is 0 Å². The van der Waals surface area contributed by atoms with E-state index in [-0.39, 0.29) is 28.4 Å². The average Bonchev–Trinajstić information content (AvgIpc) is 2.68. The third-order valence-corrected chi connectivity index (χ3v) is 8.39. The van der Waals surface area contributed by atoms with Crippen molar-refractivity contribution in [1.82, 2.24) is 0 Å². The number of hydrogen-bond donors (Lipinski definition) is 2. The van der Waals surface area contributed by atoms with Gasteiger partial charge >= 0.3 is 0 Å². The number of carbonyl (C=O) groups excluding carboxylic acids is 2. The molecule has 8 heteroatoms. The molecule has 30 heavy (non-hydrogen) atoms. The van der Waals surface area contributed by atoms with Crippen LogP contribution in [0.5, 0.6) is 0 Å². The molecule has 1 heterocycles. The molecule has 0 aromatic heterocycles. The maximum Gasteiger partial charge on any atom is 0.237 e. The van der Waals surface area contributed by atoms with Gasteiger partial charge in [0.2, 0.25) is 11.8 Å². The van der Waals surface area contributed by atoms with Gasteiger partial charge in [-0.3, -0.25) is 9.59 Å². The number of amides is 2. The monoisotopic (exact) mass is 446 g/mol. The number of nitrogens with one attached hydrogen (secondary N) is 2. The van der Waals surface area contributed by atoms with E-state index in [1.165, 1.54) is 30.8 Å². The lowest BCUT2D eigenvalue weighted by molar-refractivity contribution is -0.116. The molecule has 2 atom stereocenters. The Morgan fingerprint density at radius 1 is 1.13 bits per heavy atom. The molecule has 0 bridgehead atoms. The van der Waals surface area contributed by atoms with E-state index >= 15 is 0 Å². The van der Waals surface area contributed by atoms with Crippen LogP contribution in [-0.4, -0.2) is 30.7 Å². The summed E-state index contributed by atoms with van der Waals surface area (Å²) in [6, 6.07) is 12.2. The molecule has 1 aliphatic heterocycles. The molecule has 3 rings (SSSR count). The number of thioether (sulfide) groups is 1. The Morgan fingerprint density at radius 3 is 2.43 bits per heavy atom. The number of fused-ring (bicyclic) bond motifs is 1. The van der Waals surface area contributed by atoms with Gasteiger partial charge in [-0.1, -0.05) is 26.0 Å². The molecule has 0 fully saturated rings. The van der Waals surface area contributed by atoms with Crippen molar-refractivity contribution in [3.05, 3.63) is 48.0 Å². The van der Waals surface area contributed by atoms with Crippen LogP contribution in [0.15, 0.2) is 52.3 Å².